The summed E-state index contributed by atoms with van der Waals surface area (Å²) in [5.41, 5.74) is 1.17. The van der Waals surface area contributed by atoms with Crippen LogP contribution in [0.1, 0.15) is 18.5 Å². The minimum absolute atomic E-state index is 0.647. The van der Waals surface area contributed by atoms with E-state index in [9.17, 15) is 9.90 Å². The van der Waals surface area contributed by atoms with Gasteiger partial charge in [-0.15, -0.1) is 0 Å². The summed E-state index contributed by atoms with van der Waals surface area (Å²) < 4.78 is 1.01. The largest absolute Gasteiger partial charge is 0.481 e. The van der Waals surface area contributed by atoms with E-state index < -0.39 is 11.4 Å². The molecule has 82 valence electrons. The van der Waals surface area contributed by atoms with E-state index in [1.54, 1.807) is 0 Å². The van der Waals surface area contributed by atoms with Gasteiger partial charge in [0.05, 0.1) is 0 Å². The van der Waals surface area contributed by atoms with E-state index >= 15 is 0 Å². The summed E-state index contributed by atoms with van der Waals surface area (Å²) in [7, 11) is 0. The van der Waals surface area contributed by atoms with Crippen LogP contribution in [0.5, 0.6) is 0 Å². The summed E-state index contributed by atoms with van der Waals surface area (Å²) in [6.45, 7) is 0. The third kappa shape index (κ3) is 1.29. The van der Waals surface area contributed by atoms with Gasteiger partial charge in [0.15, 0.2) is 0 Å². The number of aliphatic carboxylic acids is 1. The standard InChI is InChI=1S/C12H10BrNO2/c13-8-1-2-9-7(5-8)6-10(14-9)12(3-4-12)11(15)16/h1-2,5-6,14H,3-4H2,(H,15,16). The van der Waals surface area contributed by atoms with Crippen LogP contribution in [0.3, 0.4) is 0 Å². The molecular weight excluding hydrogens is 270 g/mol. The van der Waals surface area contributed by atoms with Crippen molar-refractivity contribution >= 4 is 32.8 Å². The first-order valence-corrected chi connectivity index (χ1v) is 5.93. The Kier molecular flexibility index (Phi) is 1.92. The molecule has 1 aromatic heterocycles. The molecule has 4 heteroatoms. The van der Waals surface area contributed by atoms with Gasteiger partial charge in [0.2, 0.25) is 0 Å². The monoisotopic (exact) mass is 279 g/mol. The second-order valence-electron chi connectivity index (χ2n) is 4.30. The smallest absolute Gasteiger partial charge is 0.315 e. The summed E-state index contributed by atoms with van der Waals surface area (Å²) in [6, 6.07) is 7.85. The maximum atomic E-state index is 11.2. The van der Waals surface area contributed by atoms with Gasteiger partial charge < -0.3 is 10.1 Å². The van der Waals surface area contributed by atoms with Crippen LogP contribution in [0.25, 0.3) is 10.9 Å². The van der Waals surface area contributed by atoms with Crippen molar-refractivity contribution in [3.05, 3.63) is 34.4 Å². The maximum Gasteiger partial charge on any atom is 0.315 e. The first-order chi connectivity index (χ1) is 7.62. The quantitative estimate of drug-likeness (QED) is 0.888. The number of rotatable bonds is 2. The Morgan fingerprint density at radius 2 is 2.12 bits per heavy atom. The minimum atomic E-state index is -0.724. The molecule has 0 atom stereocenters. The average Bonchev–Trinajstić information content (AvgIpc) is 2.94. The number of halogens is 1. The van der Waals surface area contributed by atoms with Gasteiger partial charge in [0.1, 0.15) is 5.41 Å². The van der Waals surface area contributed by atoms with Gasteiger partial charge in [-0.2, -0.15) is 0 Å². The summed E-state index contributed by atoms with van der Waals surface area (Å²) in [6.07, 6.45) is 1.46. The number of aromatic amines is 1. The molecule has 0 unspecified atom stereocenters. The number of aromatic nitrogens is 1. The highest BCUT2D eigenvalue weighted by molar-refractivity contribution is 9.10. The molecule has 3 nitrogen and oxygen atoms in total. The zero-order chi connectivity index (χ0) is 11.3. The van der Waals surface area contributed by atoms with Crippen LogP contribution in [0.15, 0.2) is 28.7 Å². The SMILES string of the molecule is O=C(O)C1(c2cc3cc(Br)ccc3[nH]2)CC1. The van der Waals surface area contributed by atoms with E-state index in [2.05, 4.69) is 20.9 Å². The highest BCUT2D eigenvalue weighted by Crippen LogP contribution is 2.48. The molecule has 1 aliphatic rings. The van der Waals surface area contributed by atoms with E-state index in [1.807, 2.05) is 24.3 Å². The molecule has 0 aliphatic heterocycles. The number of carboxylic acids is 1. The van der Waals surface area contributed by atoms with E-state index in [-0.39, 0.29) is 0 Å². The van der Waals surface area contributed by atoms with Crippen LogP contribution >= 0.6 is 15.9 Å². The van der Waals surface area contributed by atoms with Gasteiger partial charge in [-0.1, -0.05) is 15.9 Å². The Morgan fingerprint density at radius 3 is 2.75 bits per heavy atom. The lowest BCUT2D eigenvalue weighted by atomic mass is 10.0. The molecule has 1 aliphatic carbocycles. The van der Waals surface area contributed by atoms with E-state index in [1.165, 1.54) is 0 Å². The Labute approximate surface area is 101 Å². The fourth-order valence-corrected chi connectivity index (χ4v) is 2.46. The number of nitrogens with one attached hydrogen (secondary N) is 1. The fourth-order valence-electron chi connectivity index (χ4n) is 2.08. The first kappa shape index (κ1) is 9.90. The fraction of sp³-hybridized carbons (Fsp3) is 0.250. The van der Waals surface area contributed by atoms with Crippen molar-refractivity contribution < 1.29 is 9.90 Å². The molecule has 0 saturated heterocycles. The maximum absolute atomic E-state index is 11.2. The molecule has 1 saturated carbocycles. The Bertz CT molecular complexity index is 584. The Balaban J connectivity index is 2.16. The third-order valence-electron chi connectivity index (χ3n) is 3.26. The number of carboxylic acid groups (broad SMARTS) is 1. The predicted octanol–water partition coefficient (Wildman–Crippen LogP) is 3.05. The highest BCUT2D eigenvalue weighted by atomic mass is 79.9. The molecule has 2 aromatic rings. The molecule has 0 spiro atoms. The normalized spacial score (nSPS) is 17.6. The minimum Gasteiger partial charge on any atom is -0.481 e. The molecule has 1 fully saturated rings. The number of carbonyl (C=O) groups is 1. The Morgan fingerprint density at radius 1 is 1.38 bits per heavy atom. The molecule has 1 heterocycles. The molecule has 2 N–H and O–H groups in total. The van der Waals surface area contributed by atoms with Gasteiger partial charge >= 0.3 is 5.97 Å². The molecule has 0 radical (unpaired) electrons. The summed E-state index contributed by atoms with van der Waals surface area (Å²) in [5.74, 6) is -0.724. The molecule has 0 bridgehead atoms. The van der Waals surface area contributed by atoms with E-state index in [0.717, 1.165) is 33.9 Å². The van der Waals surface area contributed by atoms with E-state index in [0.29, 0.717) is 0 Å². The lowest BCUT2D eigenvalue weighted by molar-refractivity contribution is -0.140. The van der Waals surface area contributed by atoms with Crippen LogP contribution in [-0.4, -0.2) is 16.1 Å². The molecule has 3 rings (SSSR count). The topological polar surface area (TPSA) is 53.1 Å². The van der Waals surface area contributed by atoms with Crippen LogP contribution in [0.2, 0.25) is 0 Å². The summed E-state index contributed by atoms with van der Waals surface area (Å²) in [5, 5.41) is 10.3. The van der Waals surface area contributed by atoms with Crippen LogP contribution in [0, 0.1) is 0 Å². The van der Waals surface area contributed by atoms with Crippen molar-refractivity contribution in [2.45, 2.75) is 18.3 Å². The second-order valence-corrected chi connectivity index (χ2v) is 5.22. The van der Waals surface area contributed by atoms with Crippen molar-refractivity contribution in [1.29, 1.82) is 0 Å². The van der Waals surface area contributed by atoms with Crippen LogP contribution < -0.4 is 0 Å². The highest BCUT2D eigenvalue weighted by Gasteiger charge is 2.52. The van der Waals surface area contributed by atoms with Gasteiger partial charge in [0, 0.05) is 21.1 Å². The van der Waals surface area contributed by atoms with Crippen molar-refractivity contribution in [1.82, 2.24) is 4.98 Å². The van der Waals surface area contributed by atoms with Crippen LogP contribution in [0.4, 0.5) is 0 Å². The van der Waals surface area contributed by atoms with Crippen molar-refractivity contribution in [2.75, 3.05) is 0 Å². The number of benzene rings is 1. The van der Waals surface area contributed by atoms with Crippen molar-refractivity contribution in [3.63, 3.8) is 0 Å². The number of fused-ring (bicyclic) bond motifs is 1. The average molecular weight is 280 g/mol. The molecule has 16 heavy (non-hydrogen) atoms. The van der Waals surface area contributed by atoms with Crippen LogP contribution in [-0.2, 0) is 10.2 Å². The van der Waals surface area contributed by atoms with Gasteiger partial charge in [-0.05, 0) is 37.1 Å². The van der Waals surface area contributed by atoms with Gasteiger partial charge in [0.25, 0.3) is 0 Å². The first-order valence-electron chi connectivity index (χ1n) is 5.14. The number of hydrogen-bond acceptors (Lipinski definition) is 1. The Hall–Kier alpha value is -1.29. The van der Waals surface area contributed by atoms with Gasteiger partial charge in [-0.25, -0.2) is 0 Å². The number of hydrogen-bond donors (Lipinski definition) is 2. The lowest BCUT2D eigenvalue weighted by Gasteiger charge is -2.05. The van der Waals surface area contributed by atoms with Gasteiger partial charge in [-0.3, -0.25) is 4.79 Å². The summed E-state index contributed by atoms with van der Waals surface area (Å²) in [4.78, 5) is 14.4. The number of H-pyrrole nitrogens is 1. The van der Waals surface area contributed by atoms with E-state index in [4.69, 9.17) is 0 Å². The second kappa shape index (κ2) is 3.10. The lowest BCUT2D eigenvalue weighted by Crippen LogP contribution is -2.19. The summed E-state index contributed by atoms with van der Waals surface area (Å²) >= 11 is 3.41. The third-order valence-corrected chi connectivity index (χ3v) is 3.75. The van der Waals surface area contributed by atoms with Crippen molar-refractivity contribution in [3.8, 4) is 0 Å². The molecule has 0 amide bonds. The zero-order valence-electron chi connectivity index (χ0n) is 8.46. The molecule has 1 aromatic carbocycles. The predicted molar refractivity (Wildman–Crippen MR) is 64.5 cm³/mol. The zero-order valence-corrected chi connectivity index (χ0v) is 10.0. The molecular formula is C12H10BrNO2. The van der Waals surface area contributed by atoms with Crippen molar-refractivity contribution in [2.24, 2.45) is 0 Å².